The van der Waals surface area contributed by atoms with E-state index < -0.39 is 21.1 Å². The van der Waals surface area contributed by atoms with E-state index in [-0.39, 0.29) is 22.1 Å². The predicted octanol–water partition coefficient (Wildman–Crippen LogP) is 4.08. The van der Waals surface area contributed by atoms with Crippen molar-refractivity contribution in [3.05, 3.63) is 44.6 Å². The predicted molar refractivity (Wildman–Crippen MR) is 111 cm³/mol. The van der Waals surface area contributed by atoms with Crippen molar-refractivity contribution < 1.29 is 12.8 Å². The summed E-state index contributed by atoms with van der Waals surface area (Å²) in [5.41, 5.74) is 0.947. The molecular formula is C16H14ClFIN5O2S. The van der Waals surface area contributed by atoms with Crippen molar-refractivity contribution in [3.63, 3.8) is 0 Å². The number of rotatable bonds is 5. The Morgan fingerprint density at radius 2 is 2.04 bits per heavy atom. The number of hydrogen-bond acceptors (Lipinski definition) is 5. The van der Waals surface area contributed by atoms with Crippen LogP contribution < -0.4 is 10.0 Å². The molecule has 0 amide bonds. The quantitative estimate of drug-likeness (QED) is 0.494. The van der Waals surface area contributed by atoms with Gasteiger partial charge in [-0.25, -0.2) is 12.8 Å². The number of anilines is 3. The molecule has 1 fully saturated rings. The van der Waals surface area contributed by atoms with Gasteiger partial charge in [0.15, 0.2) is 5.65 Å². The molecule has 0 aliphatic heterocycles. The maximum Gasteiger partial charge on any atom is 0.235 e. The van der Waals surface area contributed by atoms with Crippen LogP contribution in [0.25, 0.3) is 5.65 Å². The van der Waals surface area contributed by atoms with Gasteiger partial charge in [-0.15, -0.1) is 10.2 Å². The van der Waals surface area contributed by atoms with E-state index in [1.54, 1.807) is 29.7 Å². The first-order chi connectivity index (χ1) is 12.8. The number of pyridine rings is 1. The normalized spacial score (nSPS) is 14.5. The average molecular weight is 522 g/mol. The second kappa shape index (κ2) is 6.74. The van der Waals surface area contributed by atoms with Gasteiger partial charge in [-0.2, -0.15) is 0 Å². The Hall–Kier alpha value is -1.66. The summed E-state index contributed by atoms with van der Waals surface area (Å²) in [6.07, 6.45) is 2.78. The van der Waals surface area contributed by atoms with Gasteiger partial charge < -0.3 is 5.32 Å². The van der Waals surface area contributed by atoms with Crippen molar-refractivity contribution >= 4 is 66.9 Å². The van der Waals surface area contributed by atoms with Gasteiger partial charge in [-0.3, -0.25) is 9.12 Å². The summed E-state index contributed by atoms with van der Waals surface area (Å²) in [7, 11) is -3.55. The Labute approximate surface area is 173 Å². The molecule has 142 valence electrons. The third-order valence-electron chi connectivity index (χ3n) is 4.22. The Morgan fingerprint density at radius 1 is 1.30 bits per heavy atom. The lowest BCUT2D eigenvalue weighted by molar-refractivity contribution is 0.600. The number of benzene rings is 1. The van der Waals surface area contributed by atoms with Gasteiger partial charge in [0, 0.05) is 9.77 Å². The fourth-order valence-electron chi connectivity index (χ4n) is 2.64. The second-order valence-corrected chi connectivity index (χ2v) is 9.85. The van der Waals surface area contributed by atoms with E-state index in [4.69, 9.17) is 11.6 Å². The SMILES string of the molecule is Cc1nnc2c(Cl)c(Nc3ccc(I)cc3F)c(NS(=O)(=O)C3CC3)cn12. The monoisotopic (exact) mass is 521 g/mol. The molecule has 27 heavy (non-hydrogen) atoms. The third-order valence-corrected chi connectivity index (χ3v) is 7.10. The zero-order valence-corrected chi connectivity index (χ0v) is 17.7. The summed E-state index contributed by atoms with van der Waals surface area (Å²) in [6, 6.07) is 4.66. The highest BCUT2D eigenvalue weighted by Gasteiger charge is 2.36. The topological polar surface area (TPSA) is 88.4 Å². The van der Waals surface area contributed by atoms with Crippen molar-refractivity contribution in [2.24, 2.45) is 0 Å². The molecule has 1 aromatic carbocycles. The minimum absolute atomic E-state index is 0.143. The van der Waals surface area contributed by atoms with Gasteiger partial charge in [0.1, 0.15) is 16.7 Å². The first kappa shape index (κ1) is 18.7. The standard InChI is InChI=1S/C16H14ClFIN5O2S/c1-8-21-22-16-14(17)15(20-12-5-2-9(19)6-11(12)18)13(7-24(8)16)23-27(25,26)10-3-4-10/h2,5-7,10,20,23H,3-4H2,1H3. The van der Waals surface area contributed by atoms with Crippen LogP contribution in [-0.4, -0.2) is 28.3 Å². The van der Waals surface area contributed by atoms with Crippen LogP contribution in [0.2, 0.25) is 5.02 Å². The van der Waals surface area contributed by atoms with Crippen molar-refractivity contribution in [1.82, 2.24) is 14.6 Å². The molecule has 2 aromatic heterocycles. The maximum atomic E-state index is 14.3. The second-order valence-electron chi connectivity index (χ2n) is 6.27. The van der Waals surface area contributed by atoms with E-state index in [2.05, 4.69) is 20.2 Å². The van der Waals surface area contributed by atoms with Crippen molar-refractivity contribution in [3.8, 4) is 0 Å². The van der Waals surface area contributed by atoms with Crippen LogP contribution in [0.15, 0.2) is 24.4 Å². The number of aromatic nitrogens is 3. The van der Waals surface area contributed by atoms with Crippen LogP contribution in [0.3, 0.4) is 0 Å². The lowest BCUT2D eigenvalue weighted by Crippen LogP contribution is -2.19. The number of nitrogens with one attached hydrogen (secondary N) is 2. The van der Waals surface area contributed by atoms with Crippen LogP contribution in [0, 0.1) is 16.3 Å². The molecule has 1 aliphatic carbocycles. The van der Waals surface area contributed by atoms with E-state index in [1.165, 1.54) is 6.07 Å². The highest BCUT2D eigenvalue weighted by atomic mass is 127. The van der Waals surface area contributed by atoms with E-state index in [1.807, 2.05) is 22.6 Å². The van der Waals surface area contributed by atoms with Gasteiger partial charge in [0.05, 0.1) is 22.3 Å². The molecule has 0 unspecified atom stereocenters. The van der Waals surface area contributed by atoms with Crippen LogP contribution in [0.1, 0.15) is 18.7 Å². The molecule has 2 N–H and O–H groups in total. The van der Waals surface area contributed by atoms with E-state index in [9.17, 15) is 12.8 Å². The minimum Gasteiger partial charge on any atom is -0.350 e. The van der Waals surface area contributed by atoms with E-state index >= 15 is 0 Å². The molecule has 11 heteroatoms. The lowest BCUT2D eigenvalue weighted by Gasteiger charge is -2.17. The average Bonchev–Trinajstić information content (AvgIpc) is 3.39. The highest BCUT2D eigenvalue weighted by Crippen LogP contribution is 2.39. The fourth-order valence-corrected chi connectivity index (χ4v) is 4.75. The molecule has 1 saturated carbocycles. The van der Waals surface area contributed by atoms with Crippen molar-refractivity contribution in [2.75, 3.05) is 10.0 Å². The van der Waals surface area contributed by atoms with Crippen LogP contribution in [0.4, 0.5) is 21.5 Å². The highest BCUT2D eigenvalue weighted by molar-refractivity contribution is 14.1. The zero-order chi connectivity index (χ0) is 19.3. The third kappa shape index (κ3) is 3.57. The van der Waals surface area contributed by atoms with E-state index in [0.29, 0.717) is 24.3 Å². The first-order valence-corrected chi connectivity index (χ1v) is 11.0. The molecule has 0 spiro atoms. The Kier molecular flexibility index (Phi) is 4.67. The number of sulfonamides is 1. The molecule has 0 radical (unpaired) electrons. The minimum atomic E-state index is -3.55. The molecule has 1 aliphatic rings. The molecule has 0 atom stereocenters. The molecular weight excluding hydrogens is 508 g/mol. The molecule has 2 heterocycles. The van der Waals surface area contributed by atoms with Gasteiger partial charge in [-0.05, 0) is 60.6 Å². The lowest BCUT2D eigenvalue weighted by atomic mass is 10.2. The summed E-state index contributed by atoms with van der Waals surface area (Å²) in [4.78, 5) is 0. The number of hydrogen-bond donors (Lipinski definition) is 2. The Bertz CT molecular complexity index is 1160. The molecule has 0 saturated heterocycles. The summed E-state index contributed by atoms with van der Waals surface area (Å²) >= 11 is 8.48. The first-order valence-electron chi connectivity index (χ1n) is 8.04. The largest absolute Gasteiger partial charge is 0.350 e. The number of nitrogens with zero attached hydrogens (tertiary/aromatic N) is 3. The fraction of sp³-hybridized carbons (Fsp3) is 0.250. The Balaban J connectivity index is 1.85. The maximum absolute atomic E-state index is 14.3. The van der Waals surface area contributed by atoms with Gasteiger partial charge in [-0.1, -0.05) is 11.6 Å². The van der Waals surface area contributed by atoms with Gasteiger partial charge >= 0.3 is 0 Å². The number of aryl methyl sites for hydroxylation is 1. The molecule has 7 nitrogen and oxygen atoms in total. The van der Waals surface area contributed by atoms with Crippen molar-refractivity contribution in [2.45, 2.75) is 25.0 Å². The smallest absolute Gasteiger partial charge is 0.235 e. The van der Waals surface area contributed by atoms with Crippen LogP contribution >= 0.6 is 34.2 Å². The summed E-state index contributed by atoms with van der Waals surface area (Å²) in [5.74, 6) is 0.0669. The number of halogens is 3. The van der Waals surface area contributed by atoms with Gasteiger partial charge in [0.2, 0.25) is 10.0 Å². The van der Waals surface area contributed by atoms with Crippen LogP contribution in [0.5, 0.6) is 0 Å². The molecule has 3 aromatic rings. The van der Waals surface area contributed by atoms with Crippen LogP contribution in [-0.2, 0) is 10.0 Å². The summed E-state index contributed by atoms with van der Waals surface area (Å²) in [6.45, 7) is 1.72. The van der Waals surface area contributed by atoms with E-state index in [0.717, 1.165) is 3.57 Å². The number of fused-ring (bicyclic) bond motifs is 1. The molecule has 4 rings (SSSR count). The zero-order valence-electron chi connectivity index (χ0n) is 14.0. The Morgan fingerprint density at radius 3 is 2.70 bits per heavy atom. The van der Waals surface area contributed by atoms with Gasteiger partial charge in [0.25, 0.3) is 0 Å². The molecule has 0 bridgehead atoms. The summed E-state index contributed by atoms with van der Waals surface area (Å²) in [5, 5.41) is 10.6. The summed E-state index contributed by atoms with van der Waals surface area (Å²) < 4.78 is 44.1. The van der Waals surface area contributed by atoms with Crippen molar-refractivity contribution in [1.29, 1.82) is 0 Å².